The van der Waals surface area contributed by atoms with Crippen molar-refractivity contribution >= 4 is 34.9 Å². The van der Waals surface area contributed by atoms with E-state index in [2.05, 4.69) is 10.3 Å². The van der Waals surface area contributed by atoms with E-state index in [4.69, 9.17) is 27.6 Å². The molecule has 220 valence electrons. The average molecular weight is 630 g/mol. The second-order valence-electron chi connectivity index (χ2n) is 9.80. The third-order valence-corrected chi connectivity index (χ3v) is 7.60. The van der Waals surface area contributed by atoms with Crippen LogP contribution in [-0.4, -0.2) is 28.3 Å². The molecule has 1 amide bonds. The first kappa shape index (κ1) is 29.9. The normalized spacial score (nSPS) is 13.0. The number of hydrogen-bond acceptors (Lipinski definition) is 6. The molecule has 0 aliphatic heterocycles. The number of carbonyl (C=O) groups excluding carboxylic acids is 2. The summed E-state index contributed by atoms with van der Waals surface area (Å²) in [6.07, 6.45) is -1.86. The lowest BCUT2D eigenvalue weighted by Crippen LogP contribution is -2.27. The molecule has 0 radical (unpaired) electrons. The van der Waals surface area contributed by atoms with Crippen molar-refractivity contribution < 1.29 is 32.3 Å². The summed E-state index contributed by atoms with van der Waals surface area (Å²) >= 11 is 12.5. The lowest BCUT2D eigenvalue weighted by atomic mass is 9.94. The number of H-pyrrole nitrogens is 1. The number of hydrogen-bond donors (Lipinski definition) is 3. The maximum absolute atomic E-state index is 13.4. The second-order valence-corrected chi connectivity index (χ2v) is 10.6. The number of pyridine rings is 1. The van der Waals surface area contributed by atoms with E-state index in [1.165, 1.54) is 24.5 Å². The Bertz CT molecular complexity index is 1890. The summed E-state index contributed by atoms with van der Waals surface area (Å²) in [7, 11) is 0. The summed E-state index contributed by atoms with van der Waals surface area (Å²) in [5.41, 5.74) is -2.15. The van der Waals surface area contributed by atoms with E-state index in [0.29, 0.717) is 25.0 Å². The first-order valence-corrected chi connectivity index (χ1v) is 13.6. The van der Waals surface area contributed by atoms with E-state index in [0.717, 1.165) is 18.2 Å². The van der Waals surface area contributed by atoms with Gasteiger partial charge in [0.25, 0.3) is 11.5 Å². The number of amides is 1. The number of nitrogens with one attached hydrogen (secondary N) is 2. The first-order chi connectivity index (χ1) is 20.4. The van der Waals surface area contributed by atoms with Crippen molar-refractivity contribution in [1.29, 1.82) is 5.26 Å². The molecular weight excluding hydrogens is 610 g/mol. The number of halogens is 5. The van der Waals surface area contributed by atoms with Crippen LogP contribution in [0.2, 0.25) is 10.0 Å². The second kappa shape index (κ2) is 11.6. The number of benzene rings is 2. The SMILES string of the molecule is N#Cc1c(-c2cc(C(F)(F)F)ccc2Cl)cc(-c2cc(Cl)cc(CCNC(=O)c3coc4c3C(=O)CCC4)c2O)[nH]c1=O. The fourth-order valence-electron chi connectivity index (χ4n) is 4.98. The minimum atomic E-state index is -4.71. The number of phenols is 1. The molecule has 1 aliphatic carbocycles. The van der Waals surface area contributed by atoms with Crippen molar-refractivity contribution in [2.45, 2.75) is 31.9 Å². The predicted molar refractivity (Wildman–Crippen MR) is 151 cm³/mol. The summed E-state index contributed by atoms with van der Waals surface area (Å²) in [5.74, 6) is -0.544. The van der Waals surface area contributed by atoms with Gasteiger partial charge >= 0.3 is 6.18 Å². The van der Waals surface area contributed by atoms with Crippen LogP contribution in [0, 0.1) is 11.3 Å². The topological polar surface area (TPSA) is 136 Å². The molecule has 1 aliphatic rings. The highest BCUT2D eigenvalue weighted by atomic mass is 35.5. The van der Waals surface area contributed by atoms with Gasteiger partial charge in [-0.3, -0.25) is 14.4 Å². The van der Waals surface area contributed by atoms with Crippen molar-refractivity contribution in [2.24, 2.45) is 0 Å². The van der Waals surface area contributed by atoms with Gasteiger partial charge in [-0.25, -0.2) is 0 Å². The molecule has 5 rings (SSSR count). The molecule has 0 bridgehead atoms. The minimum Gasteiger partial charge on any atom is -0.507 e. The number of fused-ring (bicyclic) bond motifs is 1. The Morgan fingerprint density at radius 1 is 1.09 bits per heavy atom. The number of phenolic OH excluding ortho intramolecular Hbond substituents is 1. The Kier molecular flexibility index (Phi) is 8.10. The molecule has 2 heterocycles. The van der Waals surface area contributed by atoms with Crippen LogP contribution < -0.4 is 10.9 Å². The third-order valence-electron chi connectivity index (χ3n) is 7.05. The van der Waals surface area contributed by atoms with E-state index in [1.807, 2.05) is 0 Å². The fraction of sp³-hybridized carbons (Fsp3) is 0.200. The number of aromatic nitrogens is 1. The fourth-order valence-corrected chi connectivity index (χ4v) is 5.44. The van der Waals surface area contributed by atoms with E-state index >= 15 is 0 Å². The quantitative estimate of drug-likeness (QED) is 0.217. The highest BCUT2D eigenvalue weighted by Gasteiger charge is 2.32. The lowest BCUT2D eigenvalue weighted by molar-refractivity contribution is -0.137. The van der Waals surface area contributed by atoms with E-state index in [-0.39, 0.29) is 73.6 Å². The maximum atomic E-state index is 13.4. The molecule has 0 spiro atoms. The van der Waals surface area contributed by atoms with Crippen molar-refractivity contribution in [3.63, 3.8) is 0 Å². The van der Waals surface area contributed by atoms with Crippen molar-refractivity contribution in [3.05, 3.63) is 96.6 Å². The molecule has 13 heteroatoms. The highest BCUT2D eigenvalue weighted by molar-refractivity contribution is 6.33. The number of alkyl halides is 3. The number of ketones is 1. The monoisotopic (exact) mass is 629 g/mol. The van der Waals surface area contributed by atoms with Crippen LogP contribution >= 0.6 is 23.2 Å². The molecule has 3 N–H and O–H groups in total. The molecule has 4 aromatic rings. The highest BCUT2D eigenvalue weighted by Crippen LogP contribution is 2.40. The van der Waals surface area contributed by atoms with E-state index in [9.17, 15) is 37.9 Å². The number of Topliss-reactive ketones (excluding diaryl/α,β-unsaturated/α-hetero) is 1. The Hall–Kier alpha value is -4.53. The molecule has 0 saturated heterocycles. The Morgan fingerprint density at radius 2 is 1.86 bits per heavy atom. The van der Waals surface area contributed by atoms with E-state index < -0.39 is 28.8 Å². The smallest absolute Gasteiger partial charge is 0.416 e. The molecule has 0 saturated carbocycles. The zero-order valence-corrected chi connectivity index (χ0v) is 23.5. The number of carbonyl (C=O) groups is 2. The summed E-state index contributed by atoms with van der Waals surface area (Å²) in [6, 6.07) is 8.23. The lowest BCUT2D eigenvalue weighted by Gasteiger charge is -2.15. The van der Waals surface area contributed by atoms with Gasteiger partial charge in [0, 0.05) is 46.1 Å². The number of nitrogens with zero attached hydrogens (tertiary/aromatic N) is 1. The number of furan rings is 1. The zero-order valence-electron chi connectivity index (χ0n) is 22.0. The van der Waals surface area contributed by atoms with Crippen LogP contribution in [0.25, 0.3) is 22.4 Å². The van der Waals surface area contributed by atoms with Crippen LogP contribution in [0.3, 0.4) is 0 Å². The molecular formula is C30H20Cl2F3N3O5. The molecule has 0 fully saturated rings. The number of aromatic hydroxyl groups is 1. The van der Waals surface area contributed by atoms with Gasteiger partial charge in [-0.2, -0.15) is 18.4 Å². The number of aromatic amines is 1. The number of nitriles is 1. The van der Waals surface area contributed by atoms with Crippen LogP contribution in [-0.2, 0) is 19.0 Å². The van der Waals surface area contributed by atoms with Crippen LogP contribution in [0.1, 0.15) is 56.0 Å². The molecule has 0 unspecified atom stereocenters. The van der Waals surface area contributed by atoms with Crippen LogP contribution in [0.5, 0.6) is 5.75 Å². The molecule has 2 aromatic heterocycles. The number of aryl methyl sites for hydroxylation is 1. The average Bonchev–Trinajstić information content (AvgIpc) is 3.39. The third kappa shape index (κ3) is 5.89. The maximum Gasteiger partial charge on any atom is 0.416 e. The Balaban J connectivity index is 1.46. The van der Waals surface area contributed by atoms with Gasteiger partial charge < -0.3 is 19.8 Å². The number of rotatable bonds is 6. The summed E-state index contributed by atoms with van der Waals surface area (Å²) in [4.78, 5) is 40.4. The Labute approximate surface area is 251 Å². The standard InChI is InChI=1S/C30H20Cl2F3N3O5/c31-16-8-14(6-7-37-28(41)21-13-43-25-3-1-2-24(39)26(21)25)27(40)19(10-16)23-11-17(20(12-36)29(42)38-23)18-9-15(30(33,34)35)4-5-22(18)32/h4-5,8-11,13,40H,1-3,6-7H2,(H,37,41)(H,38,42). The predicted octanol–water partition coefficient (Wildman–Crippen LogP) is 6.70. The van der Waals surface area contributed by atoms with E-state index in [1.54, 1.807) is 6.07 Å². The van der Waals surface area contributed by atoms with Crippen molar-refractivity contribution in [1.82, 2.24) is 10.3 Å². The van der Waals surface area contributed by atoms with Gasteiger partial charge in [-0.1, -0.05) is 23.2 Å². The van der Waals surface area contributed by atoms with Crippen LogP contribution in [0.15, 0.2) is 51.9 Å². The summed E-state index contributed by atoms with van der Waals surface area (Å²) < 4.78 is 45.6. The van der Waals surface area contributed by atoms with Crippen LogP contribution in [0.4, 0.5) is 13.2 Å². The first-order valence-electron chi connectivity index (χ1n) is 12.9. The van der Waals surface area contributed by atoms with Gasteiger partial charge in [0.1, 0.15) is 29.4 Å². The van der Waals surface area contributed by atoms with Gasteiger partial charge in [0.2, 0.25) is 0 Å². The van der Waals surface area contributed by atoms with Gasteiger partial charge in [-0.15, -0.1) is 0 Å². The molecule has 43 heavy (non-hydrogen) atoms. The van der Waals surface area contributed by atoms with Crippen molar-refractivity contribution in [2.75, 3.05) is 6.54 Å². The van der Waals surface area contributed by atoms with Crippen molar-refractivity contribution in [3.8, 4) is 34.2 Å². The van der Waals surface area contributed by atoms with Gasteiger partial charge in [-0.05, 0) is 54.8 Å². The Morgan fingerprint density at radius 3 is 2.58 bits per heavy atom. The zero-order chi connectivity index (χ0) is 31.1. The summed E-state index contributed by atoms with van der Waals surface area (Å²) in [5, 5.41) is 23.4. The largest absolute Gasteiger partial charge is 0.507 e. The van der Waals surface area contributed by atoms with Gasteiger partial charge in [0.15, 0.2) is 5.78 Å². The molecule has 2 aromatic carbocycles. The molecule has 8 nitrogen and oxygen atoms in total. The van der Waals surface area contributed by atoms with Gasteiger partial charge in [0.05, 0.1) is 22.4 Å². The summed E-state index contributed by atoms with van der Waals surface area (Å²) in [6.45, 7) is 0.0231. The molecule has 0 atom stereocenters. The minimum absolute atomic E-state index is 0.0225.